The van der Waals surface area contributed by atoms with E-state index in [2.05, 4.69) is 18.4 Å². The van der Waals surface area contributed by atoms with Crippen LogP contribution in [-0.4, -0.2) is 41.7 Å². The number of phosphoric ester groups is 1. The number of rotatable bonds is 35. The molecular weight excluding hydrogens is 563 g/mol. The third kappa shape index (κ3) is 35.9. The standard InChI is InChI=1S/C35H71O7P/c1-3-5-7-9-11-13-15-17-19-21-23-25-27-29-31-40-32-34(33-41-43(37,38)39)42-35(36)30-28-26-24-22-20-18-16-14-12-10-8-6-4-2/h34H,3-33H2,1-2H3,(H2,37,38,39). The molecular formula is C35H71O7P. The molecule has 2 N–H and O–H groups in total. The van der Waals surface area contributed by atoms with Gasteiger partial charge in [-0.05, 0) is 12.8 Å². The zero-order valence-corrected chi connectivity index (χ0v) is 29.3. The monoisotopic (exact) mass is 634 g/mol. The Balaban J connectivity index is 3.80. The summed E-state index contributed by atoms with van der Waals surface area (Å²) in [6, 6.07) is 0. The molecule has 0 spiro atoms. The molecule has 43 heavy (non-hydrogen) atoms. The molecule has 8 heteroatoms. The zero-order chi connectivity index (χ0) is 31.7. The summed E-state index contributed by atoms with van der Waals surface area (Å²) in [7, 11) is -4.64. The maximum absolute atomic E-state index is 12.3. The van der Waals surface area contributed by atoms with E-state index < -0.39 is 13.9 Å². The molecule has 0 heterocycles. The number of unbranched alkanes of at least 4 members (excludes halogenated alkanes) is 25. The van der Waals surface area contributed by atoms with Crippen molar-refractivity contribution in [3.8, 4) is 0 Å². The van der Waals surface area contributed by atoms with Gasteiger partial charge >= 0.3 is 13.8 Å². The summed E-state index contributed by atoms with van der Waals surface area (Å²) < 4.78 is 26.9. The summed E-state index contributed by atoms with van der Waals surface area (Å²) in [5.74, 6) is -0.359. The highest BCUT2D eigenvalue weighted by molar-refractivity contribution is 7.46. The van der Waals surface area contributed by atoms with Crippen LogP contribution in [0.25, 0.3) is 0 Å². The van der Waals surface area contributed by atoms with E-state index in [1.807, 2.05) is 0 Å². The SMILES string of the molecule is CCCCCCCCCCCCCCCCOCC(COP(=O)(O)O)OC(=O)CCCCCCCCCCCCCCC. The Morgan fingerprint density at radius 1 is 0.535 bits per heavy atom. The molecule has 0 fully saturated rings. The highest BCUT2D eigenvalue weighted by Crippen LogP contribution is 2.36. The molecule has 1 unspecified atom stereocenters. The number of carbonyl (C=O) groups excluding carboxylic acids is 1. The molecule has 0 bridgehead atoms. The van der Waals surface area contributed by atoms with E-state index in [1.165, 1.54) is 141 Å². The lowest BCUT2D eigenvalue weighted by molar-refractivity contribution is -0.154. The van der Waals surface area contributed by atoms with Crippen molar-refractivity contribution in [1.82, 2.24) is 0 Å². The van der Waals surface area contributed by atoms with E-state index in [-0.39, 0.29) is 19.2 Å². The first-order valence-corrected chi connectivity index (χ1v) is 19.9. The van der Waals surface area contributed by atoms with Crippen molar-refractivity contribution in [2.75, 3.05) is 19.8 Å². The molecule has 0 aliphatic carbocycles. The van der Waals surface area contributed by atoms with E-state index in [4.69, 9.17) is 19.3 Å². The van der Waals surface area contributed by atoms with E-state index in [9.17, 15) is 9.36 Å². The lowest BCUT2D eigenvalue weighted by atomic mass is 10.0. The summed E-state index contributed by atoms with van der Waals surface area (Å²) in [6.07, 6.45) is 33.7. The Hall–Kier alpha value is -0.460. The molecule has 0 saturated carbocycles. The van der Waals surface area contributed by atoms with Crippen molar-refractivity contribution < 1.29 is 33.1 Å². The van der Waals surface area contributed by atoms with Crippen molar-refractivity contribution in [3.63, 3.8) is 0 Å². The van der Waals surface area contributed by atoms with E-state index in [0.717, 1.165) is 32.1 Å². The Labute approximate surface area is 266 Å². The van der Waals surface area contributed by atoms with Crippen LogP contribution in [0.3, 0.4) is 0 Å². The molecule has 0 saturated heterocycles. The van der Waals surface area contributed by atoms with Gasteiger partial charge in [-0.2, -0.15) is 0 Å². The van der Waals surface area contributed by atoms with Gasteiger partial charge in [0.1, 0.15) is 6.10 Å². The Bertz CT molecular complexity index is 625. The van der Waals surface area contributed by atoms with Gasteiger partial charge in [0.25, 0.3) is 0 Å². The number of ether oxygens (including phenoxy) is 2. The fourth-order valence-corrected chi connectivity index (χ4v) is 5.80. The van der Waals surface area contributed by atoms with Crippen LogP contribution in [0.4, 0.5) is 0 Å². The molecule has 0 aliphatic rings. The second-order valence-corrected chi connectivity index (χ2v) is 13.8. The normalized spacial score (nSPS) is 12.6. The molecule has 0 rings (SSSR count). The molecule has 0 radical (unpaired) electrons. The fourth-order valence-electron chi connectivity index (χ4n) is 5.44. The van der Waals surface area contributed by atoms with Gasteiger partial charge in [-0.3, -0.25) is 9.32 Å². The fraction of sp³-hybridized carbons (Fsp3) is 0.971. The molecule has 0 aromatic carbocycles. The van der Waals surface area contributed by atoms with Gasteiger partial charge in [-0.1, -0.05) is 174 Å². The van der Waals surface area contributed by atoms with Crippen LogP contribution in [0.2, 0.25) is 0 Å². The molecule has 1 atom stereocenters. The first-order valence-electron chi connectivity index (χ1n) is 18.4. The van der Waals surface area contributed by atoms with Gasteiger partial charge in [0, 0.05) is 13.0 Å². The number of esters is 1. The maximum atomic E-state index is 12.3. The lowest BCUT2D eigenvalue weighted by Crippen LogP contribution is -2.28. The summed E-state index contributed by atoms with van der Waals surface area (Å²) in [4.78, 5) is 30.4. The quantitative estimate of drug-likeness (QED) is 0.0406. The predicted octanol–water partition coefficient (Wildman–Crippen LogP) is 11.0. The summed E-state index contributed by atoms with van der Waals surface area (Å²) >= 11 is 0. The van der Waals surface area contributed by atoms with Gasteiger partial charge in [0.05, 0.1) is 13.2 Å². The van der Waals surface area contributed by atoms with Crippen LogP contribution in [-0.2, 0) is 23.4 Å². The van der Waals surface area contributed by atoms with Crippen LogP contribution < -0.4 is 0 Å². The molecule has 0 aliphatic heterocycles. The topological polar surface area (TPSA) is 102 Å². The second kappa shape index (κ2) is 32.9. The lowest BCUT2D eigenvalue weighted by Gasteiger charge is -2.18. The van der Waals surface area contributed by atoms with Crippen LogP contribution in [0.15, 0.2) is 0 Å². The van der Waals surface area contributed by atoms with Crippen LogP contribution in [0.5, 0.6) is 0 Å². The van der Waals surface area contributed by atoms with Crippen molar-refractivity contribution in [2.45, 2.75) is 200 Å². The van der Waals surface area contributed by atoms with Gasteiger partial charge in [-0.25, -0.2) is 4.57 Å². The van der Waals surface area contributed by atoms with Gasteiger partial charge in [0.2, 0.25) is 0 Å². The van der Waals surface area contributed by atoms with Crippen molar-refractivity contribution in [3.05, 3.63) is 0 Å². The Kier molecular flexibility index (Phi) is 32.6. The van der Waals surface area contributed by atoms with E-state index in [1.54, 1.807) is 0 Å². The first kappa shape index (κ1) is 42.5. The van der Waals surface area contributed by atoms with Crippen molar-refractivity contribution >= 4 is 13.8 Å². The molecule has 258 valence electrons. The average Bonchev–Trinajstić information content (AvgIpc) is 2.97. The number of hydrogen-bond acceptors (Lipinski definition) is 5. The predicted molar refractivity (Wildman–Crippen MR) is 179 cm³/mol. The van der Waals surface area contributed by atoms with Crippen LogP contribution in [0, 0.1) is 0 Å². The third-order valence-corrected chi connectivity index (χ3v) is 8.64. The van der Waals surface area contributed by atoms with Crippen LogP contribution >= 0.6 is 7.82 Å². The minimum atomic E-state index is -4.64. The first-order chi connectivity index (χ1) is 20.9. The molecule has 0 aromatic heterocycles. The largest absolute Gasteiger partial charge is 0.469 e. The summed E-state index contributed by atoms with van der Waals surface area (Å²) in [6.45, 7) is 4.78. The van der Waals surface area contributed by atoms with Gasteiger partial charge < -0.3 is 19.3 Å². The molecule has 7 nitrogen and oxygen atoms in total. The second-order valence-electron chi connectivity index (χ2n) is 12.6. The summed E-state index contributed by atoms with van der Waals surface area (Å²) in [5.41, 5.74) is 0. The third-order valence-electron chi connectivity index (χ3n) is 8.16. The minimum absolute atomic E-state index is 0.0861. The van der Waals surface area contributed by atoms with E-state index in [0.29, 0.717) is 13.0 Å². The zero-order valence-electron chi connectivity index (χ0n) is 28.4. The Morgan fingerprint density at radius 2 is 0.884 bits per heavy atom. The van der Waals surface area contributed by atoms with E-state index >= 15 is 0 Å². The smallest absolute Gasteiger partial charge is 0.457 e. The minimum Gasteiger partial charge on any atom is -0.457 e. The summed E-state index contributed by atoms with van der Waals surface area (Å²) in [5, 5.41) is 0. The van der Waals surface area contributed by atoms with Crippen molar-refractivity contribution in [1.29, 1.82) is 0 Å². The number of carbonyl (C=O) groups is 1. The highest BCUT2D eigenvalue weighted by Gasteiger charge is 2.21. The van der Waals surface area contributed by atoms with Gasteiger partial charge in [-0.15, -0.1) is 0 Å². The van der Waals surface area contributed by atoms with Crippen LogP contribution in [0.1, 0.15) is 194 Å². The Morgan fingerprint density at radius 3 is 1.26 bits per heavy atom. The highest BCUT2D eigenvalue weighted by atomic mass is 31.2. The van der Waals surface area contributed by atoms with Crippen molar-refractivity contribution in [2.24, 2.45) is 0 Å². The molecule has 0 aromatic rings. The molecule has 0 amide bonds. The number of phosphoric acid groups is 1. The average molecular weight is 635 g/mol. The maximum Gasteiger partial charge on any atom is 0.469 e. The number of hydrogen-bond donors (Lipinski definition) is 2. The van der Waals surface area contributed by atoms with Gasteiger partial charge in [0.15, 0.2) is 0 Å².